The molecule has 0 bridgehead atoms. The van der Waals surface area contributed by atoms with Gasteiger partial charge in [-0.1, -0.05) is 52.7 Å². The lowest BCUT2D eigenvalue weighted by atomic mass is 9.69. The molecule has 0 radical (unpaired) electrons. The number of ether oxygens (including phenoxy) is 1. The first-order chi connectivity index (χ1) is 10.9. The van der Waals surface area contributed by atoms with Gasteiger partial charge in [-0.15, -0.1) is 0 Å². The summed E-state index contributed by atoms with van der Waals surface area (Å²) in [7, 11) is -0.295. The third-order valence-electron chi connectivity index (χ3n) is 5.96. The quantitative estimate of drug-likeness (QED) is 0.326. The summed E-state index contributed by atoms with van der Waals surface area (Å²) in [6.07, 6.45) is 8.39. The highest BCUT2D eigenvalue weighted by Gasteiger charge is 2.41. The SMILES string of the molecule is CCCCC1=C[C@@H](O[Si](C)(C)C(C)(C)C)CC[C@@]1(C)CC(=O)OC. The molecule has 0 saturated heterocycles. The first kappa shape index (κ1) is 21.4. The van der Waals surface area contributed by atoms with Gasteiger partial charge < -0.3 is 9.16 Å². The zero-order valence-electron chi connectivity index (χ0n) is 17.1. The van der Waals surface area contributed by atoms with Crippen LogP contribution in [0.1, 0.15) is 73.1 Å². The molecule has 0 N–H and O–H groups in total. The fraction of sp³-hybridized carbons (Fsp3) is 0.850. The Labute approximate surface area is 150 Å². The highest BCUT2D eigenvalue weighted by molar-refractivity contribution is 6.74. The third kappa shape index (κ3) is 5.45. The van der Waals surface area contributed by atoms with Crippen molar-refractivity contribution < 1.29 is 14.0 Å². The van der Waals surface area contributed by atoms with Crippen LogP contribution in [0.3, 0.4) is 0 Å². The zero-order chi connectivity index (χ0) is 18.6. The van der Waals surface area contributed by atoms with E-state index in [0.717, 1.165) is 25.7 Å². The van der Waals surface area contributed by atoms with Gasteiger partial charge >= 0.3 is 5.97 Å². The van der Waals surface area contributed by atoms with E-state index in [2.05, 4.69) is 53.8 Å². The Morgan fingerprint density at radius 1 is 1.38 bits per heavy atom. The average Bonchev–Trinajstić information content (AvgIpc) is 2.46. The third-order valence-corrected chi connectivity index (χ3v) is 10.5. The summed E-state index contributed by atoms with van der Waals surface area (Å²) in [5, 5.41) is 0.219. The van der Waals surface area contributed by atoms with Gasteiger partial charge in [0.2, 0.25) is 0 Å². The molecule has 0 unspecified atom stereocenters. The number of carbonyl (C=O) groups is 1. The minimum atomic E-state index is -1.77. The zero-order valence-corrected chi connectivity index (χ0v) is 18.1. The molecule has 24 heavy (non-hydrogen) atoms. The molecule has 0 heterocycles. The van der Waals surface area contributed by atoms with Crippen LogP contribution in [0.4, 0.5) is 0 Å². The largest absolute Gasteiger partial charge is 0.469 e. The average molecular weight is 355 g/mol. The number of hydrogen-bond donors (Lipinski definition) is 0. The summed E-state index contributed by atoms with van der Waals surface area (Å²) >= 11 is 0. The maximum absolute atomic E-state index is 11.9. The molecular weight excluding hydrogens is 316 g/mol. The van der Waals surface area contributed by atoms with E-state index < -0.39 is 8.32 Å². The number of esters is 1. The van der Waals surface area contributed by atoms with E-state index in [1.165, 1.54) is 19.1 Å². The Kier molecular flexibility index (Phi) is 7.30. The predicted molar refractivity (Wildman–Crippen MR) is 104 cm³/mol. The number of unbranched alkanes of at least 4 members (excludes halogenated alkanes) is 1. The minimum absolute atomic E-state index is 0.0739. The monoisotopic (exact) mass is 354 g/mol. The highest BCUT2D eigenvalue weighted by atomic mass is 28.4. The first-order valence-corrected chi connectivity index (χ1v) is 12.3. The Morgan fingerprint density at radius 2 is 2.00 bits per heavy atom. The fourth-order valence-corrected chi connectivity index (χ4v) is 4.42. The Hall–Kier alpha value is -0.613. The van der Waals surface area contributed by atoms with Gasteiger partial charge in [0.1, 0.15) is 0 Å². The molecule has 0 aromatic carbocycles. The van der Waals surface area contributed by atoms with Gasteiger partial charge in [0.15, 0.2) is 8.32 Å². The maximum atomic E-state index is 11.9. The molecule has 0 spiro atoms. The van der Waals surface area contributed by atoms with Crippen LogP contribution in [0.2, 0.25) is 18.1 Å². The second-order valence-electron chi connectivity index (χ2n) is 9.06. The van der Waals surface area contributed by atoms with Crippen molar-refractivity contribution in [1.82, 2.24) is 0 Å². The Morgan fingerprint density at radius 3 is 2.50 bits per heavy atom. The Balaban J connectivity index is 2.98. The van der Waals surface area contributed by atoms with Crippen molar-refractivity contribution in [2.24, 2.45) is 5.41 Å². The van der Waals surface area contributed by atoms with E-state index in [1.807, 2.05) is 0 Å². The molecule has 1 aliphatic rings. The summed E-state index contributed by atoms with van der Waals surface area (Å²) < 4.78 is 11.6. The van der Waals surface area contributed by atoms with Crippen molar-refractivity contribution in [3.8, 4) is 0 Å². The molecular formula is C20H38O3Si. The van der Waals surface area contributed by atoms with Gasteiger partial charge in [0.25, 0.3) is 0 Å². The fourth-order valence-electron chi connectivity index (χ4n) is 3.12. The standard InChI is InChI=1S/C20H38O3Si/c1-9-10-11-16-14-17(23-24(7,8)19(2,3)4)12-13-20(16,5)15-18(21)22-6/h14,17H,9-13,15H2,1-8H3/t17-,20-/m0/s1. The van der Waals surface area contributed by atoms with Gasteiger partial charge in [0, 0.05) is 0 Å². The highest BCUT2D eigenvalue weighted by Crippen LogP contribution is 2.45. The number of carbonyl (C=O) groups excluding carboxylic acids is 1. The van der Waals surface area contributed by atoms with E-state index in [4.69, 9.17) is 9.16 Å². The topological polar surface area (TPSA) is 35.5 Å². The van der Waals surface area contributed by atoms with Crippen molar-refractivity contribution >= 4 is 14.3 Å². The van der Waals surface area contributed by atoms with Gasteiger partial charge in [-0.2, -0.15) is 0 Å². The summed E-state index contributed by atoms with van der Waals surface area (Å²) in [6, 6.07) is 0. The molecule has 0 amide bonds. The van der Waals surface area contributed by atoms with Gasteiger partial charge in [0.05, 0.1) is 19.6 Å². The molecule has 1 rings (SSSR count). The van der Waals surface area contributed by atoms with Crippen LogP contribution < -0.4 is 0 Å². The number of hydrogen-bond acceptors (Lipinski definition) is 3. The van der Waals surface area contributed by atoms with Crippen molar-refractivity contribution in [1.29, 1.82) is 0 Å². The second-order valence-corrected chi connectivity index (χ2v) is 13.8. The van der Waals surface area contributed by atoms with Crippen LogP contribution in [0.5, 0.6) is 0 Å². The van der Waals surface area contributed by atoms with Crippen LogP contribution in [0.15, 0.2) is 11.6 Å². The van der Waals surface area contributed by atoms with Crippen LogP contribution in [0, 0.1) is 5.41 Å². The van der Waals surface area contributed by atoms with E-state index in [0.29, 0.717) is 6.42 Å². The van der Waals surface area contributed by atoms with E-state index in [-0.39, 0.29) is 22.5 Å². The lowest BCUT2D eigenvalue weighted by Gasteiger charge is -2.43. The molecule has 3 nitrogen and oxygen atoms in total. The van der Waals surface area contributed by atoms with Crippen LogP contribution in [-0.4, -0.2) is 27.5 Å². The molecule has 0 saturated carbocycles. The molecule has 1 aliphatic carbocycles. The van der Waals surface area contributed by atoms with Crippen LogP contribution in [0.25, 0.3) is 0 Å². The second kappa shape index (κ2) is 8.18. The molecule has 0 fully saturated rings. The van der Waals surface area contributed by atoms with Crippen molar-refractivity contribution in [3.05, 3.63) is 11.6 Å². The van der Waals surface area contributed by atoms with Gasteiger partial charge in [-0.25, -0.2) is 0 Å². The van der Waals surface area contributed by atoms with E-state index in [9.17, 15) is 4.79 Å². The van der Waals surface area contributed by atoms with Crippen LogP contribution >= 0.6 is 0 Å². The maximum Gasteiger partial charge on any atom is 0.306 e. The first-order valence-electron chi connectivity index (χ1n) is 9.41. The lowest BCUT2D eigenvalue weighted by molar-refractivity contribution is -0.142. The number of methoxy groups -OCH3 is 1. The van der Waals surface area contributed by atoms with Crippen molar-refractivity contribution in [2.75, 3.05) is 7.11 Å². The van der Waals surface area contributed by atoms with Gasteiger partial charge in [-0.3, -0.25) is 4.79 Å². The van der Waals surface area contributed by atoms with E-state index in [1.54, 1.807) is 0 Å². The molecule has 2 atom stereocenters. The molecule has 4 heteroatoms. The van der Waals surface area contributed by atoms with Crippen LogP contribution in [-0.2, 0) is 14.0 Å². The molecule has 0 aromatic rings. The Bertz CT molecular complexity index is 462. The lowest BCUT2D eigenvalue weighted by Crippen LogP contribution is -2.45. The number of allylic oxidation sites excluding steroid dienone is 1. The number of rotatable bonds is 7. The van der Waals surface area contributed by atoms with E-state index >= 15 is 0 Å². The van der Waals surface area contributed by atoms with Crippen molar-refractivity contribution in [2.45, 2.75) is 97.4 Å². The summed E-state index contributed by atoms with van der Waals surface area (Å²) in [5.74, 6) is -0.108. The summed E-state index contributed by atoms with van der Waals surface area (Å²) in [6.45, 7) is 15.9. The molecule has 0 aromatic heterocycles. The minimum Gasteiger partial charge on any atom is -0.469 e. The van der Waals surface area contributed by atoms with Gasteiger partial charge in [-0.05, 0) is 49.2 Å². The summed E-state index contributed by atoms with van der Waals surface area (Å²) in [5.41, 5.74) is 1.32. The molecule has 0 aliphatic heterocycles. The summed E-state index contributed by atoms with van der Waals surface area (Å²) in [4.78, 5) is 11.9. The molecule has 140 valence electrons. The predicted octanol–water partition coefficient (Wildman–Crippen LogP) is 5.86. The van der Waals surface area contributed by atoms with Crippen molar-refractivity contribution in [3.63, 3.8) is 0 Å². The smallest absolute Gasteiger partial charge is 0.306 e. The normalized spacial score (nSPS) is 25.3.